The zero-order chi connectivity index (χ0) is 41.7. The topological polar surface area (TPSA) is 29.5 Å². The van der Waals surface area contributed by atoms with Crippen LogP contribution in [0.15, 0.2) is 245 Å². The lowest BCUT2D eigenvalue weighted by Crippen LogP contribution is -2.09. The highest BCUT2D eigenvalue weighted by molar-refractivity contribution is 6.27. The van der Waals surface area contributed by atoms with Gasteiger partial charge in [-0.1, -0.05) is 170 Å². The number of hydrogen-bond donors (Lipinski definition) is 0. The molecule has 3 nitrogen and oxygen atoms in total. The molecule has 0 aliphatic carbocycles. The SMILES string of the molecule is c1ccc(-c2ccc(-c3cc(-c4ccc(N(c5ccc(-c6ccccc6)cc5)c5ccc(-c6ccccc6)cc5)cc4)cc4c3oc3ccc5oc6ccccc6c5c34)cc2)cc1. The molecule has 2 aromatic heterocycles. The predicted octanol–water partition coefficient (Wildman–Crippen LogP) is 17.3. The fraction of sp³-hybridized carbons (Fsp3) is 0. The van der Waals surface area contributed by atoms with E-state index in [1.807, 2.05) is 24.3 Å². The molecule has 0 unspecified atom stereocenters. The lowest BCUT2D eigenvalue weighted by molar-refractivity contribution is 0.663. The molecule has 12 rings (SSSR count). The highest BCUT2D eigenvalue weighted by Crippen LogP contribution is 2.45. The summed E-state index contributed by atoms with van der Waals surface area (Å²) < 4.78 is 13.2. The number of rotatable bonds is 8. The van der Waals surface area contributed by atoms with E-state index in [2.05, 4.69) is 217 Å². The maximum Gasteiger partial charge on any atom is 0.143 e. The minimum absolute atomic E-state index is 0.839. The van der Waals surface area contributed by atoms with Crippen LogP contribution in [-0.2, 0) is 0 Å². The molecule has 0 amide bonds. The molecular weight excluding hydrogens is 767 g/mol. The van der Waals surface area contributed by atoms with Crippen LogP contribution in [-0.4, -0.2) is 0 Å². The molecule has 0 aliphatic rings. The van der Waals surface area contributed by atoms with E-state index in [9.17, 15) is 0 Å². The Labute approximate surface area is 365 Å². The third-order valence-corrected chi connectivity index (χ3v) is 12.3. The second kappa shape index (κ2) is 15.3. The van der Waals surface area contributed by atoms with E-state index < -0.39 is 0 Å². The molecule has 0 spiro atoms. The average molecular weight is 806 g/mol. The van der Waals surface area contributed by atoms with Gasteiger partial charge in [-0.2, -0.15) is 0 Å². The Morgan fingerprint density at radius 1 is 0.254 bits per heavy atom. The maximum absolute atomic E-state index is 6.84. The predicted molar refractivity (Wildman–Crippen MR) is 263 cm³/mol. The largest absolute Gasteiger partial charge is 0.456 e. The van der Waals surface area contributed by atoms with Crippen LogP contribution in [0.4, 0.5) is 17.1 Å². The Bertz CT molecular complexity index is 3470. The highest BCUT2D eigenvalue weighted by atomic mass is 16.3. The Morgan fingerprint density at radius 3 is 1.14 bits per heavy atom. The first-order chi connectivity index (χ1) is 31.2. The summed E-state index contributed by atoms with van der Waals surface area (Å²) in [4.78, 5) is 2.33. The van der Waals surface area contributed by atoms with Crippen LogP contribution in [0.5, 0.6) is 0 Å². The van der Waals surface area contributed by atoms with Gasteiger partial charge in [0.2, 0.25) is 0 Å². The van der Waals surface area contributed by atoms with Gasteiger partial charge in [-0.15, -0.1) is 0 Å². The second-order valence-corrected chi connectivity index (χ2v) is 16.1. The Morgan fingerprint density at radius 2 is 0.635 bits per heavy atom. The first-order valence-corrected chi connectivity index (χ1v) is 21.4. The van der Waals surface area contributed by atoms with Crippen LogP contribution in [0.25, 0.3) is 99.5 Å². The summed E-state index contributed by atoms with van der Waals surface area (Å²) in [5, 5.41) is 4.28. The number of hydrogen-bond acceptors (Lipinski definition) is 3. The molecule has 10 aromatic carbocycles. The van der Waals surface area contributed by atoms with E-state index in [-0.39, 0.29) is 0 Å². The van der Waals surface area contributed by atoms with Crippen molar-refractivity contribution >= 4 is 60.9 Å². The third kappa shape index (κ3) is 6.55. The maximum atomic E-state index is 6.84. The zero-order valence-electron chi connectivity index (χ0n) is 34.3. The van der Waals surface area contributed by atoms with Crippen molar-refractivity contribution in [3.05, 3.63) is 237 Å². The van der Waals surface area contributed by atoms with Gasteiger partial charge in [0, 0.05) is 44.2 Å². The van der Waals surface area contributed by atoms with Crippen LogP contribution in [0.1, 0.15) is 0 Å². The molecule has 0 radical (unpaired) electrons. The van der Waals surface area contributed by atoms with Crippen molar-refractivity contribution in [3.8, 4) is 55.6 Å². The van der Waals surface area contributed by atoms with Crippen molar-refractivity contribution in [2.75, 3.05) is 4.90 Å². The van der Waals surface area contributed by atoms with Gasteiger partial charge in [0.1, 0.15) is 22.3 Å². The van der Waals surface area contributed by atoms with Gasteiger partial charge in [-0.05, 0) is 117 Å². The molecule has 296 valence electrons. The number of furan rings is 2. The van der Waals surface area contributed by atoms with Crippen molar-refractivity contribution in [2.45, 2.75) is 0 Å². The fourth-order valence-corrected chi connectivity index (χ4v) is 9.16. The monoisotopic (exact) mass is 805 g/mol. The van der Waals surface area contributed by atoms with Gasteiger partial charge in [-0.3, -0.25) is 0 Å². The molecule has 0 saturated heterocycles. The van der Waals surface area contributed by atoms with Crippen molar-refractivity contribution in [3.63, 3.8) is 0 Å². The lowest BCUT2D eigenvalue weighted by Gasteiger charge is -2.26. The van der Waals surface area contributed by atoms with Gasteiger partial charge in [0.05, 0.1) is 0 Å². The molecule has 0 N–H and O–H groups in total. The second-order valence-electron chi connectivity index (χ2n) is 16.1. The van der Waals surface area contributed by atoms with Gasteiger partial charge in [0.25, 0.3) is 0 Å². The minimum atomic E-state index is 0.839. The Balaban J connectivity index is 0.997. The Kier molecular flexibility index (Phi) is 8.83. The summed E-state index contributed by atoms with van der Waals surface area (Å²) in [7, 11) is 0. The Hall–Kier alpha value is -8.40. The van der Waals surface area contributed by atoms with Crippen molar-refractivity contribution in [1.29, 1.82) is 0 Å². The molecule has 0 aliphatic heterocycles. The zero-order valence-corrected chi connectivity index (χ0v) is 34.3. The van der Waals surface area contributed by atoms with Crippen molar-refractivity contribution < 1.29 is 8.83 Å². The summed E-state index contributed by atoms with van der Waals surface area (Å²) in [5.74, 6) is 0. The highest BCUT2D eigenvalue weighted by Gasteiger charge is 2.21. The van der Waals surface area contributed by atoms with Crippen LogP contribution >= 0.6 is 0 Å². The van der Waals surface area contributed by atoms with Crippen LogP contribution < -0.4 is 4.90 Å². The lowest BCUT2D eigenvalue weighted by atomic mass is 9.93. The van der Waals surface area contributed by atoms with E-state index in [4.69, 9.17) is 8.83 Å². The summed E-state index contributed by atoms with van der Waals surface area (Å²) in [6.07, 6.45) is 0. The molecule has 0 atom stereocenters. The van der Waals surface area contributed by atoms with Crippen molar-refractivity contribution in [1.82, 2.24) is 0 Å². The van der Waals surface area contributed by atoms with E-state index in [0.29, 0.717) is 0 Å². The number of para-hydroxylation sites is 1. The fourth-order valence-electron chi connectivity index (χ4n) is 9.16. The number of fused-ring (bicyclic) bond motifs is 7. The standard InChI is InChI=1S/C60H39NO2/c1-4-12-40(13-5-1)43-20-22-47(23-21-43)53-38-48(39-54-59-57(63-60(53)54)37-36-56-58(59)52-18-10-11-19-55(52)62-56)46-28-34-51(35-29-46)61(49-30-24-44(25-31-49)41-14-6-2-7-15-41)50-32-26-45(27-33-50)42-16-8-3-9-17-42/h1-39H. The molecular formula is C60H39NO2. The van der Waals surface area contributed by atoms with Crippen molar-refractivity contribution in [2.24, 2.45) is 0 Å². The third-order valence-electron chi connectivity index (χ3n) is 12.3. The molecule has 0 fully saturated rings. The van der Waals surface area contributed by atoms with Gasteiger partial charge in [0.15, 0.2) is 0 Å². The number of nitrogens with zero attached hydrogens (tertiary/aromatic N) is 1. The van der Waals surface area contributed by atoms with Gasteiger partial charge in [-0.25, -0.2) is 0 Å². The summed E-state index contributed by atoms with van der Waals surface area (Å²) in [6.45, 7) is 0. The van der Waals surface area contributed by atoms with Crippen LogP contribution in [0.3, 0.4) is 0 Å². The first kappa shape index (κ1) is 36.5. The number of benzene rings is 10. The molecule has 2 heterocycles. The number of anilines is 3. The molecule has 0 bridgehead atoms. The molecule has 3 heteroatoms. The van der Waals surface area contributed by atoms with E-state index in [1.165, 1.54) is 33.4 Å². The van der Waals surface area contributed by atoms with Gasteiger partial charge >= 0.3 is 0 Å². The summed E-state index contributed by atoms with van der Waals surface area (Å²) >= 11 is 0. The smallest absolute Gasteiger partial charge is 0.143 e. The van der Waals surface area contributed by atoms with E-state index >= 15 is 0 Å². The summed E-state index contributed by atoms with van der Waals surface area (Å²) in [5.41, 5.74) is 18.1. The van der Waals surface area contributed by atoms with E-state index in [0.717, 1.165) is 83.2 Å². The van der Waals surface area contributed by atoms with Crippen LogP contribution in [0, 0.1) is 0 Å². The molecule has 63 heavy (non-hydrogen) atoms. The normalized spacial score (nSPS) is 11.5. The molecule has 12 aromatic rings. The van der Waals surface area contributed by atoms with E-state index in [1.54, 1.807) is 0 Å². The molecule has 0 saturated carbocycles. The average Bonchev–Trinajstić information content (AvgIpc) is 3.94. The minimum Gasteiger partial charge on any atom is -0.456 e. The first-order valence-electron chi connectivity index (χ1n) is 21.4. The summed E-state index contributed by atoms with van der Waals surface area (Å²) in [6, 6.07) is 84.0. The van der Waals surface area contributed by atoms with Crippen LogP contribution in [0.2, 0.25) is 0 Å². The van der Waals surface area contributed by atoms with Gasteiger partial charge < -0.3 is 13.7 Å². The quantitative estimate of drug-likeness (QED) is 0.153.